The van der Waals surface area contributed by atoms with Crippen LogP contribution in [0.15, 0.2) is 30.6 Å². The maximum atomic E-state index is 14.6. The Balaban J connectivity index is 1.79. The van der Waals surface area contributed by atoms with E-state index in [0.717, 1.165) is 12.8 Å². The molecule has 176 valence electrons. The van der Waals surface area contributed by atoms with Crippen molar-refractivity contribution < 1.29 is 23.4 Å². The van der Waals surface area contributed by atoms with E-state index in [1.165, 1.54) is 57.0 Å². The van der Waals surface area contributed by atoms with E-state index in [4.69, 9.17) is 14.2 Å². The van der Waals surface area contributed by atoms with Gasteiger partial charge in [-0.2, -0.15) is 0 Å². The highest BCUT2D eigenvalue weighted by molar-refractivity contribution is 5.74. The molecule has 0 saturated carbocycles. The number of hydrogen-bond donors (Lipinski definition) is 0. The van der Waals surface area contributed by atoms with Crippen LogP contribution in [0.3, 0.4) is 0 Å². The maximum absolute atomic E-state index is 14.6. The van der Waals surface area contributed by atoms with Crippen LogP contribution in [0.4, 0.5) is 4.39 Å². The van der Waals surface area contributed by atoms with Gasteiger partial charge >= 0.3 is 5.97 Å². The molecule has 0 fully saturated rings. The monoisotopic (exact) mass is 446 g/mol. The maximum Gasteiger partial charge on any atom is 0.347 e. The van der Waals surface area contributed by atoms with E-state index in [0.29, 0.717) is 18.1 Å². The lowest BCUT2D eigenvalue weighted by Gasteiger charge is -2.13. The summed E-state index contributed by atoms with van der Waals surface area (Å²) in [5, 5.41) is 0. The number of hydrogen-bond acceptors (Lipinski definition) is 6. The van der Waals surface area contributed by atoms with Crippen LogP contribution in [-0.4, -0.2) is 35.3 Å². The lowest BCUT2D eigenvalue weighted by atomic mass is 10.1. The molecule has 6 nitrogen and oxygen atoms in total. The van der Waals surface area contributed by atoms with E-state index in [-0.39, 0.29) is 18.0 Å². The van der Waals surface area contributed by atoms with Gasteiger partial charge in [0, 0.05) is 6.07 Å². The number of ether oxygens (including phenoxy) is 3. The Morgan fingerprint density at radius 3 is 2.25 bits per heavy atom. The van der Waals surface area contributed by atoms with Gasteiger partial charge in [-0.3, -0.25) is 0 Å². The standard InChI is InChI=1S/C25H35FN2O4/c1-4-6-7-8-9-10-11-12-15-31-20-13-14-22(23(26)16-20)24-27-17-21(18-28-24)32-19(3)25(29)30-5-2/h13-14,16-19H,4-12,15H2,1-3H3. The van der Waals surface area contributed by atoms with E-state index < -0.39 is 17.9 Å². The highest BCUT2D eigenvalue weighted by atomic mass is 19.1. The van der Waals surface area contributed by atoms with E-state index >= 15 is 0 Å². The molecule has 32 heavy (non-hydrogen) atoms. The van der Waals surface area contributed by atoms with Crippen molar-refractivity contribution in [2.45, 2.75) is 78.2 Å². The van der Waals surface area contributed by atoms with Gasteiger partial charge in [-0.15, -0.1) is 0 Å². The number of unbranched alkanes of at least 4 members (excludes halogenated alkanes) is 7. The van der Waals surface area contributed by atoms with E-state index in [1.807, 2.05) is 0 Å². The molecule has 0 bridgehead atoms. The SMILES string of the molecule is CCCCCCCCCCOc1ccc(-c2ncc(OC(C)C(=O)OCC)cn2)c(F)c1. The molecule has 0 aliphatic carbocycles. The van der Waals surface area contributed by atoms with Gasteiger partial charge in [0.1, 0.15) is 11.6 Å². The van der Waals surface area contributed by atoms with Crippen LogP contribution in [-0.2, 0) is 9.53 Å². The largest absolute Gasteiger partial charge is 0.493 e. The number of carbonyl (C=O) groups is 1. The molecule has 1 unspecified atom stereocenters. The Bertz CT molecular complexity index is 814. The van der Waals surface area contributed by atoms with Gasteiger partial charge < -0.3 is 14.2 Å². The van der Waals surface area contributed by atoms with Crippen LogP contribution >= 0.6 is 0 Å². The molecule has 7 heteroatoms. The predicted octanol–water partition coefficient (Wildman–Crippen LogP) is 6.13. The number of halogens is 1. The lowest BCUT2D eigenvalue weighted by molar-refractivity contribution is -0.150. The quantitative estimate of drug-likeness (QED) is 0.242. The third kappa shape index (κ3) is 8.81. The minimum absolute atomic E-state index is 0.230. The molecular formula is C25H35FN2O4. The fourth-order valence-electron chi connectivity index (χ4n) is 3.22. The topological polar surface area (TPSA) is 70.5 Å². The Morgan fingerprint density at radius 1 is 0.969 bits per heavy atom. The molecule has 2 rings (SSSR count). The van der Waals surface area contributed by atoms with E-state index in [9.17, 15) is 9.18 Å². The van der Waals surface area contributed by atoms with Crippen LogP contribution in [0.5, 0.6) is 11.5 Å². The summed E-state index contributed by atoms with van der Waals surface area (Å²) in [4.78, 5) is 19.9. The first-order chi connectivity index (χ1) is 15.5. The zero-order chi connectivity index (χ0) is 23.2. The summed E-state index contributed by atoms with van der Waals surface area (Å²) in [5.74, 6) is 0.114. The minimum atomic E-state index is -0.779. The number of aromatic nitrogens is 2. The molecule has 0 saturated heterocycles. The molecule has 1 atom stereocenters. The van der Waals surface area contributed by atoms with Gasteiger partial charge in [0.15, 0.2) is 17.7 Å². The van der Waals surface area contributed by atoms with Gasteiger partial charge in [0.2, 0.25) is 0 Å². The van der Waals surface area contributed by atoms with Crippen molar-refractivity contribution in [2.75, 3.05) is 13.2 Å². The molecule has 2 aromatic rings. The van der Waals surface area contributed by atoms with Crippen LogP contribution in [0.2, 0.25) is 0 Å². The van der Waals surface area contributed by atoms with Crippen molar-refractivity contribution in [1.82, 2.24) is 9.97 Å². The van der Waals surface area contributed by atoms with Crippen LogP contribution in [0.1, 0.15) is 72.1 Å². The van der Waals surface area contributed by atoms with Crippen molar-refractivity contribution in [3.8, 4) is 22.9 Å². The fraction of sp³-hybridized carbons (Fsp3) is 0.560. The summed E-state index contributed by atoms with van der Waals surface area (Å²) in [6.45, 7) is 6.39. The molecule has 1 aromatic heterocycles. The molecular weight excluding hydrogens is 411 g/mol. The normalized spacial score (nSPS) is 11.8. The van der Waals surface area contributed by atoms with Crippen molar-refractivity contribution >= 4 is 5.97 Å². The Hall–Kier alpha value is -2.70. The number of esters is 1. The fourth-order valence-corrected chi connectivity index (χ4v) is 3.22. The molecule has 0 N–H and O–H groups in total. The van der Waals surface area contributed by atoms with Gasteiger partial charge in [-0.1, -0.05) is 51.9 Å². The lowest BCUT2D eigenvalue weighted by Crippen LogP contribution is -2.26. The summed E-state index contributed by atoms with van der Waals surface area (Å²) in [6, 6.07) is 4.69. The van der Waals surface area contributed by atoms with Crippen molar-refractivity contribution in [3.63, 3.8) is 0 Å². The van der Waals surface area contributed by atoms with Crippen molar-refractivity contribution in [3.05, 3.63) is 36.4 Å². The summed E-state index contributed by atoms with van der Waals surface area (Å²) >= 11 is 0. The third-order valence-corrected chi connectivity index (χ3v) is 5.01. The number of benzene rings is 1. The highest BCUT2D eigenvalue weighted by Crippen LogP contribution is 2.25. The van der Waals surface area contributed by atoms with Gasteiger partial charge in [-0.25, -0.2) is 19.2 Å². The van der Waals surface area contributed by atoms with Gasteiger partial charge in [0.05, 0.1) is 31.2 Å². The molecule has 1 aromatic carbocycles. The summed E-state index contributed by atoms with van der Waals surface area (Å²) in [6.07, 6.45) is 11.8. The Labute approximate surface area is 190 Å². The van der Waals surface area contributed by atoms with Gasteiger partial charge in [0.25, 0.3) is 0 Å². The molecule has 1 heterocycles. The number of rotatable bonds is 15. The average Bonchev–Trinajstić information content (AvgIpc) is 2.79. The molecule has 0 aliphatic heterocycles. The smallest absolute Gasteiger partial charge is 0.347 e. The first-order valence-electron chi connectivity index (χ1n) is 11.6. The van der Waals surface area contributed by atoms with Gasteiger partial charge in [-0.05, 0) is 32.4 Å². The second kappa shape index (κ2) is 14.4. The zero-order valence-corrected chi connectivity index (χ0v) is 19.4. The number of nitrogens with zero attached hydrogens (tertiary/aromatic N) is 2. The average molecular weight is 447 g/mol. The van der Waals surface area contributed by atoms with Crippen LogP contribution < -0.4 is 9.47 Å². The van der Waals surface area contributed by atoms with Crippen molar-refractivity contribution in [2.24, 2.45) is 0 Å². The predicted molar refractivity (Wildman–Crippen MR) is 122 cm³/mol. The van der Waals surface area contributed by atoms with Crippen LogP contribution in [0, 0.1) is 5.82 Å². The minimum Gasteiger partial charge on any atom is -0.493 e. The zero-order valence-electron chi connectivity index (χ0n) is 19.4. The number of carbonyl (C=O) groups excluding carboxylic acids is 1. The Kier molecular flexibility index (Phi) is 11.5. The first-order valence-corrected chi connectivity index (χ1v) is 11.6. The molecule has 0 amide bonds. The first kappa shape index (κ1) is 25.6. The summed E-state index contributed by atoms with van der Waals surface area (Å²) in [7, 11) is 0. The third-order valence-electron chi connectivity index (χ3n) is 5.01. The van der Waals surface area contributed by atoms with E-state index in [1.54, 1.807) is 26.0 Å². The van der Waals surface area contributed by atoms with E-state index in [2.05, 4.69) is 16.9 Å². The second-order valence-corrected chi connectivity index (χ2v) is 7.72. The van der Waals surface area contributed by atoms with Crippen LogP contribution in [0.25, 0.3) is 11.4 Å². The Morgan fingerprint density at radius 2 is 1.62 bits per heavy atom. The van der Waals surface area contributed by atoms with Crippen molar-refractivity contribution in [1.29, 1.82) is 0 Å². The molecule has 0 radical (unpaired) electrons. The second-order valence-electron chi connectivity index (χ2n) is 7.72. The molecule has 0 spiro atoms. The summed E-state index contributed by atoms with van der Waals surface area (Å²) < 4.78 is 30.6. The summed E-state index contributed by atoms with van der Waals surface area (Å²) in [5.41, 5.74) is 0.273. The highest BCUT2D eigenvalue weighted by Gasteiger charge is 2.16. The molecule has 0 aliphatic rings.